The Balaban J connectivity index is -0.000000162. The number of carbonyl (C=O) groups is 1. The minimum atomic E-state index is -0.833. The van der Waals surface area contributed by atoms with Gasteiger partial charge >= 0.3 is 6.03 Å². The van der Waals surface area contributed by atoms with E-state index >= 15 is 0 Å². The van der Waals surface area contributed by atoms with Gasteiger partial charge < -0.3 is 11.5 Å². The molecule has 0 spiro atoms. The largest absolute Gasteiger partial charge is 0.352 e. The summed E-state index contributed by atoms with van der Waals surface area (Å²) in [7, 11) is 0. The second-order valence-corrected chi connectivity index (χ2v) is 2.97. The first-order valence-electron chi connectivity index (χ1n) is 5.51. The second kappa shape index (κ2) is 23.4. The van der Waals surface area contributed by atoms with Crippen LogP contribution in [0.1, 0.15) is 39.5 Å². The number of carbonyl (C=O) groups excluding carboxylic acids is 1. The number of primary amides is 2. The van der Waals surface area contributed by atoms with Gasteiger partial charge in [-0.15, -0.1) is 0 Å². The van der Waals surface area contributed by atoms with E-state index in [1.54, 1.807) is 12.2 Å². The summed E-state index contributed by atoms with van der Waals surface area (Å²) in [4.78, 5) is 9.00. The number of urea groups is 1. The van der Waals surface area contributed by atoms with Gasteiger partial charge in [0.25, 0.3) is 0 Å². The van der Waals surface area contributed by atoms with Crippen molar-refractivity contribution in [3.63, 3.8) is 0 Å². The minimum Gasteiger partial charge on any atom is -0.352 e. The predicted molar refractivity (Wildman–Crippen MR) is 73.1 cm³/mol. The summed E-state index contributed by atoms with van der Waals surface area (Å²) in [5, 5.41) is 0. The van der Waals surface area contributed by atoms with Crippen LogP contribution >= 0.6 is 0 Å². The van der Waals surface area contributed by atoms with Crippen molar-refractivity contribution in [2.24, 2.45) is 11.5 Å². The van der Waals surface area contributed by atoms with Crippen molar-refractivity contribution in [3.05, 3.63) is 37.5 Å². The number of hydrogen-bond donors (Lipinski definition) is 2. The lowest BCUT2D eigenvalue weighted by atomic mass is 10.2. The van der Waals surface area contributed by atoms with Gasteiger partial charge in [0.1, 0.15) is 0 Å². The molecule has 2 amide bonds. The second-order valence-electron chi connectivity index (χ2n) is 2.97. The molecule has 16 heavy (non-hydrogen) atoms. The summed E-state index contributed by atoms with van der Waals surface area (Å²) in [6.45, 7) is 11.4. The molecule has 0 aliphatic heterocycles. The SMILES string of the molecule is C=CC=CC=C.CCCCCC.NC(N)=O. The fourth-order valence-electron chi connectivity index (χ4n) is 0.657. The monoisotopic (exact) mass is 226 g/mol. The topological polar surface area (TPSA) is 69.1 Å². The average Bonchev–Trinajstić information content (AvgIpc) is 2.23. The van der Waals surface area contributed by atoms with E-state index in [0.717, 1.165) is 0 Å². The molecule has 0 aromatic carbocycles. The number of rotatable bonds is 5. The van der Waals surface area contributed by atoms with Gasteiger partial charge in [-0.25, -0.2) is 4.79 Å². The van der Waals surface area contributed by atoms with Crippen molar-refractivity contribution in [2.75, 3.05) is 0 Å². The molecular weight excluding hydrogens is 200 g/mol. The van der Waals surface area contributed by atoms with Gasteiger partial charge in [-0.3, -0.25) is 0 Å². The lowest BCUT2D eigenvalue weighted by molar-refractivity contribution is 0.256. The molecule has 3 heteroatoms. The highest BCUT2D eigenvalue weighted by molar-refractivity contribution is 5.69. The fraction of sp³-hybridized carbons (Fsp3) is 0.462. The van der Waals surface area contributed by atoms with Gasteiger partial charge in [-0.1, -0.05) is 77.0 Å². The average molecular weight is 226 g/mol. The van der Waals surface area contributed by atoms with Gasteiger partial charge in [0, 0.05) is 0 Å². The molecule has 0 fully saturated rings. The first-order valence-corrected chi connectivity index (χ1v) is 5.51. The van der Waals surface area contributed by atoms with Gasteiger partial charge in [-0.2, -0.15) is 0 Å². The maximum absolute atomic E-state index is 9.00. The van der Waals surface area contributed by atoms with Crippen LogP contribution in [-0.4, -0.2) is 6.03 Å². The van der Waals surface area contributed by atoms with Crippen LogP contribution in [-0.2, 0) is 0 Å². The van der Waals surface area contributed by atoms with E-state index in [2.05, 4.69) is 38.5 Å². The zero-order chi connectivity index (χ0) is 13.2. The molecule has 0 aliphatic carbocycles. The maximum Gasteiger partial charge on any atom is 0.309 e. The molecule has 0 rings (SSSR count). The van der Waals surface area contributed by atoms with E-state index in [-0.39, 0.29) is 0 Å². The summed E-state index contributed by atoms with van der Waals surface area (Å²) >= 11 is 0. The molecule has 3 nitrogen and oxygen atoms in total. The van der Waals surface area contributed by atoms with Crippen molar-refractivity contribution < 1.29 is 4.79 Å². The van der Waals surface area contributed by atoms with Crippen LogP contribution in [0.25, 0.3) is 0 Å². The van der Waals surface area contributed by atoms with Gasteiger partial charge in [-0.05, 0) is 0 Å². The summed E-state index contributed by atoms with van der Waals surface area (Å²) in [6, 6.07) is -0.833. The molecule has 0 atom stereocenters. The molecule has 4 N–H and O–H groups in total. The van der Waals surface area contributed by atoms with E-state index in [1.807, 2.05) is 12.2 Å². The Morgan fingerprint density at radius 3 is 1.38 bits per heavy atom. The molecular formula is C13H26N2O. The van der Waals surface area contributed by atoms with Gasteiger partial charge in [0.2, 0.25) is 0 Å². The molecule has 0 bridgehead atoms. The van der Waals surface area contributed by atoms with Crippen molar-refractivity contribution in [3.8, 4) is 0 Å². The standard InChI is InChI=1S/C6H14.C6H8.CH4N2O/c2*1-3-5-6-4-2;2-1(3)4/h3-6H2,1-2H3;3-6H,1-2H2;(H4,2,3,4). The molecule has 0 aliphatic rings. The van der Waals surface area contributed by atoms with Crippen molar-refractivity contribution in [1.82, 2.24) is 0 Å². The normalized spacial score (nSPS) is 8.12. The Kier molecular flexibility index (Phi) is 29.2. The highest BCUT2D eigenvalue weighted by atomic mass is 16.2. The van der Waals surface area contributed by atoms with Crippen LogP contribution in [0, 0.1) is 0 Å². The van der Waals surface area contributed by atoms with Crippen LogP contribution in [0.3, 0.4) is 0 Å². The molecule has 0 saturated heterocycles. The first-order chi connectivity index (χ1) is 7.56. The third kappa shape index (κ3) is 81.8. The van der Waals surface area contributed by atoms with Crippen molar-refractivity contribution in [2.45, 2.75) is 39.5 Å². The van der Waals surface area contributed by atoms with E-state index in [0.29, 0.717) is 0 Å². The Labute approximate surface area is 99.9 Å². The summed E-state index contributed by atoms with van der Waals surface area (Å²) in [5.41, 5.74) is 8.50. The smallest absolute Gasteiger partial charge is 0.309 e. The molecule has 0 aromatic heterocycles. The van der Waals surface area contributed by atoms with E-state index in [9.17, 15) is 0 Å². The van der Waals surface area contributed by atoms with Crippen LogP contribution in [0.15, 0.2) is 37.5 Å². The Bertz CT molecular complexity index is 168. The Hall–Kier alpha value is -1.51. The molecule has 0 saturated carbocycles. The lowest BCUT2D eigenvalue weighted by Gasteiger charge is -1.86. The minimum absolute atomic E-state index is 0.833. The molecule has 0 radical (unpaired) electrons. The summed E-state index contributed by atoms with van der Waals surface area (Å²) < 4.78 is 0. The van der Waals surface area contributed by atoms with E-state index < -0.39 is 6.03 Å². The number of allylic oxidation sites excluding steroid dienone is 4. The van der Waals surface area contributed by atoms with Crippen LogP contribution in [0.4, 0.5) is 4.79 Å². The number of hydrogen-bond acceptors (Lipinski definition) is 1. The number of unbranched alkanes of at least 4 members (excludes halogenated alkanes) is 3. The molecule has 0 aromatic rings. The van der Waals surface area contributed by atoms with Crippen LogP contribution in [0.5, 0.6) is 0 Å². The predicted octanol–water partition coefficient (Wildman–Crippen LogP) is 3.53. The van der Waals surface area contributed by atoms with Gasteiger partial charge in [0.05, 0.1) is 0 Å². The van der Waals surface area contributed by atoms with Crippen molar-refractivity contribution in [1.29, 1.82) is 0 Å². The summed E-state index contributed by atoms with van der Waals surface area (Å²) in [5.74, 6) is 0. The third-order valence-corrected chi connectivity index (χ3v) is 1.34. The van der Waals surface area contributed by atoms with Crippen LogP contribution in [0.2, 0.25) is 0 Å². The quantitative estimate of drug-likeness (QED) is 0.546. The van der Waals surface area contributed by atoms with Gasteiger partial charge in [0.15, 0.2) is 0 Å². The van der Waals surface area contributed by atoms with Crippen molar-refractivity contribution >= 4 is 6.03 Å². The highest BCUT2D eigenvalue weighted by Gasteiger charge is 1.75. The summed E-state index contributed by atoms with van der Waals surface area (Å²) in [6.07, 6.45) is 12.6. The van der Waals surface area contributed by atoms with E-state index in [1.165, 1.54) is 25.7 Å². The first kappa shape index (κ1) is 20.0. The zero-order valence-electron chi connectivity index (χ0n) is 10.6. The molecule has 0 unspecified atom stereocenters. The third-order valence-electron chi connectivity index (χ3n) is 1.34. The Morgan fingerprint density at radius 1 is 1.00 bits per heavy atom. The Morgan fingerprint density at radius 2 is 1.25 bits per heavy atom. The fourth-order valence-corrected chi connectivity index (χ4v) is 0.657. The zero-order valence-corrected chi connectivity index (χ0v) is 10.6. The van der Waals surface area contributed by atoms with Crippen LogP contribution < -0.4 is 11.5 Å². The number of nitrogens with two attached hydrogens (primary N) is 2. The maximum atomic E-state index is 9.00. The highest BCUT2D eigenvalue weighted by Crippen LogP contribution is 1.95. The van der Waals surface area contributed by atoms with E-state index in [4.69, 9.17) is 4.79 Å². The number of amides is 2. The lowest BCUT2D eigenvalue weighted by Crippen LogP contribution is -2.18. The molecule has 94 valence electrons. The molecule has 0 heterocycles.